The molecule has 6 nitrogen and oxygen atoms in total. The lowest BCUT2D eigenvalue weighted by Gasteiger charge is -2.10. The summed E-state index contributed by atoms with van der Waals surface area (Å²) in [7, 11) is 1.56. The lowest BCUT2D eigenvalue weighted by molar-refractivity contribution is -0.123. The second-order valence-corrected chi connectivity index (χ2v) is 3.94. The summed E-state index contributed by atoms with van der Waals surface area (Å²) >= 11 is 0. The normalized spacial score (nSPS) is 10.0. The number of hydrogen-bond acceptors (Lipinski definition) is 5. The Bertz CT molecular complexity index is 460. The average Bonchev–Trinajstić information content (AvgIpc) is 2.37. The average molecular weight is 266 g/mol. The largest absolute Gasteiger partial charge is 0.482 e. The number of anilines is 1. The zero-order chi connectivity index (χ0) is 14.3. The standard InChI is InChI=1S/C13H18N2O4/c1-9(16)10-3-4-12(11(14)7-10)19-8-13(17)15-5-6-18-2/h3-4,7H,5-6,8,14H2,1-2H3,(H,15,17). The van der Waals surface area contributed by atoms with E-state index in [-0.39, 0.29) is 18.3 Å². The number of rotatable bonds is 7. The van der Waals surface area contributed by atoms with E-state index in [1.54, 1.807) is 19.2 Å². The quantitative estimate of drug-likeness (QED) is 0.429. The molecule has 0 aliphatic rings. The number of Topliss-reactive ketones (excluding diaryl/α,β-unsaturated/α-hetero) is 1. The fourth-order valence-electron chi connectivity index (χ4n) is 1.39. The number of carbonyl (C=O) groups excluding carboxylic acids is 2. The van der Waals surface area contributed by atoms with Crippen LogP contribution in [0.15, 0.2) is 18.2 Å². The molecular weight excluding hydrogens is 248 g/mol. The van der Waals surface area contributed by atoms with Crippen LogP contribution in [0.2, 0.25) is 0 Å². The van der Waals surface area contributed by atoms with Gasteiger partial charge < -0.3 is 20.5 Å². The Morgan fingerprint density at radius 1 is 1.37 bits per heavy atom. The minimum atomic E-state index is -0.257. The molecule has 0 heterocycles. The summed E-state index contributed by atoms with van der Waals surface area (Å²) in [6, 6.07) is 4.71. The number of ether oxygens (including phenoxy) is 2. The highest BCUT2D eigenvalue weighted by Gasteiger charge is 2.07. The molecule has 0 radical (unpaired) electrons. The summed E-state index contributed by atoms with van der Waals surface area (Å²) in [5, 5.41) is 2.62. The summed E-state index contributed by atoms with van der Waals surface area (Å²) < 4.78 is 10.1. The number of nitrogens with one attached hydrogen (secondary N) is 1. The van der Waals surface area contributed by atoms with Gasteiger partial charge in [-0.25, -0.2) is 0 Å². The number of ketones is 1. The van der Waals surface area contributed by atoms with Gasteiger partial charge in [0.2, 0.25) is 0 Å². The van der Waals surface area contributed by atoms with Gasteiger partial charge in [-0.1, -0.05) is 0 Å². The number of carbonyl (C=O) groups is 2. The Balaban J connectivity index is 2.49. The first-order chi connectivity index (χ1) is 9.04. The van der Waals surface area contributed by atoms with Crippen LogP contribution in [0.4, 0.5) is 5.69 Å². The number of nitrogen functional groups attached to an aromatic ring is 1. The maximum atomic E-state index is 11.4. The fourth-order valence-corrected chi connectivity index (χ4v) is 1.39. The Kier molecular flexibility index (Phi) is 5.81. The van der Waals surface area contributed by atoms with Crippen molar-refractivity contribution in [2.75, 3.05) is 32.6 Å². The highest BCUT2D eigenvalue weighted by Crippen LogP contribution is 2.22. The molecule has 0 fully saturated rings. The molecule has 6 heteroatoms. The van der Waals surface area contributed by atoms with Crippen LogP contribution < -0.4 is 15.8 Å². The van der Waals surface area contributed by atoms with Crippen LogP contribution in [0.5, 0.6) is 5.75 Å². The van der Waals surface area contributed by atoms with Crippen molar-refractivity contribution in [1.82, 2.24) is 5.32 Å². The van der Waals surface area contributed by atoms with Crippen molar-refractivity contribution in [2.45, 2.75) is 6.92 Å². The van der Waals surface area contributed by atoms with E-state index in [2.05, 4.69) is 5.32 Å². The second kappa shape index (κ2) is 7.38. The molecule has 0 aliphatic carbocycles. The molecule has 1 amide bonds. The third-order valence-corrected chi connectivity index (χ3v) is 2.40. The van der Waals surface area contributed by atoms with Crippen LogP contribution in [0.3, 0.4) is 0 Å². The van der Waals surface area contributed by atoms with Crippen LogP contribution in [0.1, 0.15) is 17.3 Å². The summed E-state index contributed by atoms with van der Waals surface area (Å²) in [4.78, 5) is 22.5. The number of hydrogen-bond donors (Lipinski definition) is 2. The van der Waals surface area contributed by atoms with E-state index >= 15 is 0 Å². The maximum Gasteiger partial charge on any atom is 0.258 e. The van der Waals surface area contributed by atoms with Crippen molar-refractivity contribution in [3.8, 4) is 5.75 Å². The van der Waals surface area contributed by atoms with Crippen molar-refractivity contribution < 1.29 is 19.1 Å². The lowest BCUT2D eigenvalue weighted by atomic mass is 10.1. The molecule has 0 aromatic heterocycles. The van der Waals surface area contributed by atoms with Crippen LogP contribution in [-0.2, 0) is 9.53 Å². The SMILES string of the molecule is COCCNC(=O)COc1ccc(C(C)=O)cc1N. The van der Waals surface area contributed by atoms with Crippen molar-refractivity contribution in [3.05, 3.63) is 23.8 Å². The molecule has 104 valence electrons. The Morgan fingerprint density at radius 2 is 2.11 bits per heavy atom. The van der Waals surface area contributed by atoms with Crippen molar-refractivity contribution in [2.24, 2.45) is 0 Å². The first-order valence-electron chi connectivity index (χ1n) is 5.83. The zero-order valence-electron chi connectivity index (χ0n) is 11.1. The van der Waals surface area contributed by atoms with Crippen LogP contribution in [-0.4, -0.2) is 38.6 Å². The number of amides is 1. The molecule has 1 aromatic carbocycles. The van der Waals surface area contributed by atoms with Gasteiger partial charge in [-0.3, -0.25) is 9.59 Å². The summed E-state index contributed by atoms with van der Waals surface area (Å²) in [5.74, 6) is 0.0505. The fraction of sp³-hybridized carbons (Fsp3) is 0.385. The molecule has 0 unspecified atom stereocenters. The van der Waals surface area contributed by atoms with Gasteiger partial charge in [0.15, 0.2) is 12.4 Å². The zero-order valence-corrected chi connectivity index (χ0v) is 11.1. The maximum absolute atomic E-state index is 11.4. The van der Waals surface area contributed by atoms with Crippen molar-refractivity contribution in [3.63, 3.8) is 0 Å². The molecule has 0 aliphatic heterocycles. The van der Waals surface area contributed by atoms with Gasteiger partial charge in [0.1, 0.15) is 5.75 Å². The minimum absolute atomic E-state index is 0.0736. The predicted molar refractivity (Wildman–Crippen MR) is 71.2 cm³/mol. The van der Waals surface area contributed by atoms with E-state index in [1.807, 2.05) is 0 Å². The van der Waals surface area contributed by atoms with Crippen LogP contribution in [0, 0.1) is 0 Å². The van der Waals surface area contributed by atoms with Gasteiger partial charge in [0, 0.05) is 19.2 Å². The van der Waals surface area contributed by atoms with Gasteiger partial charge in [0.05, 0.1) is 12.3 Å². The molecule has 0 spiro atoms. The number of nitrogens with two attached hydrogens (primary N) is 1. The summed E-state index contributed by atoms with van der Waals surface area (Å²) in [5.41, 5.74) is 6.58. The number of methoxy groups -OCH3 is 1. The van der Waals surface area contributed by atoms with Gasteiger partial charge in [0.25, 0.3) is 5.91 Å². The third-order valence-electron chi connectivity index (χ3n) is 2.40. The highest BCUT2D eigenvalue weighted by atomic mass is 16.5. The van der Waals surface area contributed by atoms with Crippen molar-refractivity contribution >= 4 is 17.4 Å². The van der Waals surface area contributed by atoms with E-state index in [0.717, 1.165) is 0 Å². The molecule has 0 saturated carbocycles. The van der Waals surface area contributed by atoms with Crippen LogP contribution in [0.25, 0.3) is 0 Å². The second-order valence-electron chi connectivity index (χ2n) is 3.94. The molecule has 0 atom stereocenters. The molecular formula is C13H18N2O4. The van der Waals surface area contributed by atoms with Gasteiger partial charge in [-0.05, 0) is 25.1 Å². The van der Waals surface area contributed by atoms with E-state index in [9.17, 15) is 9.59 Å². The monoisotopic (exact) mass is 266 g/mol. The topological polar surface area (TPSA) is 90.6 Å². The highest BCUT2D eigenvalue weighted by molar-refractivity contribution is 5.95. The Labute approximate surface area is 111 Å². The van der Waals surface area contributed by atoms with E-state index < -0.39 is 0 Å². The van der Waals surface area contributed by atoms with E-state index in [1.165, 1.54) is 13.0 Å². The molecule has 0 saturated heterocycles. The predicted octanol–water partition coefficient (Wildman–Crippen LogP) is 0.613. The van der Waals surface area contributed by atoms with Gasteiger partial charge in [-0.2, -0.15) is 0 Å². The molecule has 0 bridgehead atoms. The van der Waals surface area contributed by atoms with Gasteiger partial charge in [-0.15, -0.1) is 0 Å². The molecule has 1 rings (SSSR count). The van der Waals surface area contributed by atoms with E-state index in [0.29, 0.717) is 30.2 Å². The molecule has 19 heavy (non-hydrogen) atoms. The van der Waals surface area contributed by atoms with Gasteiger partial charge >= 0.3 is 0 Å². The Morgan fingerprint density at radius 3 is 2.68 bits per heavy atom. The van der Waals surface area contributed by atoms with Crippen LogP contribution >= 0.6 is 0 Å². The van der Waals surface area contributed by atoms with Crippen molar-refractivity contribution in [1.29, 1.82) is 0 Å². The molecule has 1 aromatic rings. The summed E-state index contributed by atoms with van der Waals surface area (Å²) in [6.07, 6.45) is 0. The lowest BCUT2D eigenvalue weighted by Crippen LogP contribution is -2.31. The molecule has 3 N–H and O–H groups in total. The van der Waals surface area contributed by atoms with E-state index in [4.69, 9.17) is 15.2 Å². The first-order valence-corrected chi connectivity index (χ1v) is 5.83. The first kappa shape index (κ1) is 15.0. The Hall–Kier alpha value is -2.08. The summed E-state index contributed by atoms with van der Waals surface area (Å²) in [6.45, 7) is 2.20. The smallest absolute Gasteiger partial charge is 0.258 e. The number of benzene rings is 1. The third kappa shape index (κ3) is 4.97. The minimum Gasteiger partial charge on any atom is -0.482 e.